The zero-order valence-corrected chi connectivity index (χ0v) is 18.1. The maximum Gasteiger partial charge on any atom is 0.252 e. The number of hydrogen-bond acceptors (Lipinski definition) is 4. The topological polar surface area (TPSA) is 63.1 Å². The molecule has 1 aliphatic heterocycles. The van der Waals surface area contributed by atoms with E-state index in [0.29, 0.717) is 24.7 Å². The van der Waals surface area contributed by atoms with E-state index in [1.165, 1.54) is 12.8 Å². The number of pyridine rings is 1. The molecule has 0 unspecified atom stereocenters. The third-order valence-electron chi connectivity index (χ3n) is 6.25. The van der Waals surface area contributed by atoms with E-state index >= 15 is 0 Å². The van der Waals surface area contributed by atoms with Gasteiger partial charge in [-0.25, -0.2) is 0 Å². The third-order valence-corrected chi connectivity index (χ3v) is 6.25. The first-order chi connectivity index (χ1) is 14.5. The molecule has 3 aromatic rings. The van der Waals surface area contributed by atoms with Crippen LogP contribution in [0, 0.1) is 12.8 Å². The molecule has 1 fully saturated rings. The van der Waals surface area contributed by atoms with Crippen LogP contribution >= 0.6 is 0 Å². The minimum atomic E-state index is -0.0377. The first kappa shape index (κ1) is 20.5. The van der Waals surface area contributed by atoms with Crippen LogP contribution in [-0.4, -0.2) is 51.2 Å². The van der Waals surface area contributed by atoms with Gasteiger partial charge in [0.1, 0.15) is 0 Å². The Morgan fingerprint density at radius 1 is 1.23 bits per heavy atom. The second kappa shape index (κ2) is 8.96. The van der Waals surface area contributed by atoms with Gasteiger partial charge in [0, 0.05) is 29.9 Å². The lowest BCUT2D eigenvalue weighted by molar-refractivity contribution is 0.0923. The number of aryl methyl sites for hydroxylation is 1. The number of hydrogen-bond donors (Lipinski definition) is 1. The molecule has 0 bridgehead atoms. The summed E-state index contributed by atoms with van der Waals surface area (Å²) in [6.45, 7) is 9.97. The molecular weight excluding hydrogens is 374 g/mol. The zero-order chi connectivity index (χ0) is 21.1. The quantitative estimate of drug-likeness (QED) is 0.680. The van der Waals surface area contributed by atoms with Crippen LogP contribution in [0.4, 0.5) is 0 Å². The fourth-order valence-corrected chi connectivity index (χ4v) is 4.15. The number of nitrogens with zero attached hydrogens (tertiary/aromatic N) is 4. The van der Waals surface area contributed by atoms with Gasteiger partial charge in [-0.1, -0.05) is 25.1 Å². The van der Waals surface area contributed by atoms with E-state index in [9.17, 15) is 4.79 Å². The number of nitrogens with one attached hydrogen (secondary N) is 1. The Hall–Kier alpha value is -2.73. The van der Waals surface area contributed by atoms with Crippen molar-refractivity contribution < 1.29 is 4.79 Å². The van der Waals surface area contributed by atoms with Crippen molar-refractivity contribution in [3.63, 3.8) is 0 Å². The standard InChI is InChI=1S/C24H31N5O/c1-17-9-12-28(13-10-17)19(3)15-25-24(30)22-14-20(16-29-18(2)8-11-26-29)27-23-7-5-4-6-21(22)23/h4-8,11,14,17,19H,9-10,12-13,15-16H2,1-3H3,(H,25,30)/t19-/m1/s1. The summed E-state index contributed by atoms with van der Waals surface area (Å²) >= 11 is 0. The van der Waals surface area contributed by atoms with Crippen molar-refractivity contribution in [1.82, 2.24) is 25.0 Å². The lowest BCUT2D eigenvalue weighted by Crippen LogP contribution is -2.45. The normalized spacial score (nSPS) is 16.6. The molecule has 0 aliphatic carbocycles. The van der Waals surface area contributed by atoms with Gasteiger partial charge in [0.25, 0.3) is 5.91 Å². The Morgan fingerprint density at radius 3 is 2.73 bits per heavy atom. The highest BCUT2D eigenvalue weighted by molar-refractivity contribution is 6.06. The first-order valence-corrected chi connectivity index (χ1v) is 10.9. The largest absolute Gasteiger partial charge is 0.350 e. The van der Waals surface area contributed by atoms with Crippen LogP contribution in [-0.2, 0) is 6.54 Å². The number of aromatic nitrogens is 3. The summed E-state index contributed by atoms with van der Waals surface area (Å²) < 4.78 is 1.90. The molecule has 4 rings (SSSR count). The molecule has 1 N–H and O–H groups in total. The molecule has 2 aromatic heterocycles. The summed E-state index contributed by atoms with van der Waals surface area (Å²) in [7, 11) is 0. The van der Waals surface area contributed by atoms with E-state index < -0.39 is 0 Å². The van der Waals surface area contributed by atoms with Gasteiger partial charge in [0.2, 0.25) is 0 Å². The van der Waals surface area contributed by atoms with Gasteiger partial charge in [0.15, 0.2) is 0 Å². The van der Waals surface area contributed by atoms with Crippen molar-refractivity contribution in [2.75, 3.05) is 19.6 Å². The van der Waals surface area contributed by atoms with Gasteiger partial charge < -0.3 is 5.32 Å². The molecule has 1 amide bonds. The van der Waals surface area contributed by atoms with Gasteiger partial charge in [-0.3, -0.25) is 19.4 Å². The summed E-state index contributed by atoms with van der Waals surface area (Å²) in [4.78, 5) is 20.4. The average Bonchev–Trinajstić information content (AvgIpc) is 3.16. The van der Waals surface area contributed by atoms with Crippen LogP contribution in [0.15, 0.2) is 42.6 Å². The van der Waals surface area contributed by atoms with Crippen LogP contribution in [0.2, 0.25) is 0 Å². The van der Waals surface area contributed by atoms with Crippen molar-refractivity contribution in [3.8, 4) is 0 Å². The lowest BCUT2D eigenvalue weighted by atomic mass is 9.98. The Balaban J connectivity index is 1.51. The molecule has 1 aliphatic rings. The molecule has 158 valence electrons. The summed E-state index contributed by atoms with van der Waals surface area (Å²) in [5.41, 5.74) is 3.42. The minimum absolute atomic E-state index is 0.0377. The Kier molecular flexibility index (Phi) is 6.13. The molecule has 1 aromatic carbocycles. The summed E-state index contributed by atoms with van der Waals surface area (Å²) in [5.74, 6) is 0.771. The highest BCUT2D eigenvalue weighted by atomic mass is 16.1. The van der Waals surface area contributed by atoms with Gasteiger partial charge >= 0.3 is 0 Å². The van der Waals surface area contributed by atoms with E-state index in [2.05, 4.69) is 29.2 Å². The average molecular weight is 406 g/mol. The van der Waals surface area contributed by atoms with Crippen LogP contribution in [0.1, 0.15) is 48.4 Å². The highest BCUT2D eigenvalue weighted by Crippen LogP contribution is 2.20. The number of fused-ring (bicyclic) bond motifs is 1. The fraction of sp³-hybridized carbons (Fsp3) is 0.458. The lowest BCUT2D eigenvalue weighted by Gasteiger charge is -2.35. The van der Waals surface area contributed by atoms with Gasteiger partial charge in [-0.15, -0.1) is 0 Å². The van der Waals surface area contributed by atoms with Crippen LogP contribution in [0.25, 0.3) is 10.9 Å². The van der Waals surface area contributed by atoms with Crippen molar-refractivity contribution in [2.24, 2.45) is 5.92 Å². The van der Waals surface area contributed by atoms with E-state index in [-0.39, 0.29) is 5.91 Å². The van der Waals surface area contributed by atoms with Crippen LogP contribution in [0.3, 0.4) is 0 Å². The molecule has 0 radical (unpaired) electrons. The third kappa shape index (κ3) is 4.54. The first-order valence-electron chi connectivity index (χ1n) is 10.9. The second-order valence-electron chi connectivity index (χ2n) is 8.59. The molecule has 1 saturated heterocycles. The Morgan fingerprint density at radius 2 is 2.00 bits per heavy atom. The van der Waals surface area contributed by atoms with E-state index in [0.717, 1.165) is 41.3 Å². The van der Waals surface area contributed by atoms with E-state index in [1.807, 2.05) is 48.0 Å². The number of benzene rings is 1. The smallest absolute Gasteiger partial charge is 0.252 e. The van der Waals surface area contributed by atoms with Crippen molar-refractivity contribution in [2.45, 2.75) is 46.2 Å². The van der Waals surface area contributed by atoms with E-state index in [1.54, 1.807) is 6.20 Å². The predicted molar refractivity (Wildman–Crippen MR) is 120 cm³/mol. The molecule has 30 heavy (non-hydrogen) atoms. The van der Waals surface area contributed by atoms with Crippen molar-refractivity contribution in [1.29, 1.82) is 0 Å². The van der Waals surface area contributed by atoms with Crippen LogP contribution in [0.5, 0.6) is 0 Å². The molecular formula is C24H31N5O. The molecule has 1 atom stereocenters. The van der Waals surface area contributed by atoms with Crippen molar-refractivity contribution in [3.05, 3.63) is 59.5 Å². The monoisotopic (exact) mass is 405 g/mol. The molecule has 6 heteroatoms. The summed E-state index contributed by atoms with van der Waals surface area (Å²) in [5, 5.41) is 8.40. The maximum absolute atomic E-state index is 13.1. The molecule has 3 heterocycles. The zero-order valence-electron chi connectivity index (χ0n) is 18.1. The Bertz CT molecular complexity index is 1020. The summed E-state index contributed by atoms with van der Waals surface area (Å²) in [6.07, 6.45) is 4.26. The van der Waals surface area contributed by atoms with Gasteiger partial charge in [0.05, 0.1) is 23.3 Å². The highest BCUT2D eigenvalue weighted by Gasteiger charge is 2.21. The van der Waals surface area contributed by atoms with Gasteiger partial charge in [-0.2, -0.15) is 5.10 Å². The number of likely N-dealkylation sites (tertiary alicyclic amines) is 1. The maximum atomic E-state index is 13.1. The van der Waals surface area contributed by atoms with Crippen molar-refractivity contribution >= 4 is 16.8 Å². The van der Waals surface area contributed by atoms with E-state index in [4.69, 9.17) is 4.98 Å². The predicted octanol–water partition coefficient (Wildman–Crippen LogP) is 3.64. The number of piperidine rings is 1. The molecule has 6 nitrogen and oxygen atoms in total. The fourth-order valence-electron chi connectivity index (χ4n) is 4.15. The number of amides is 1. The summed E-state index contributed by atoms with van der Waals surface area (Å²) in [6, 6.07) is 12.1. The number of para-hydroxylation sites is 1. The SMILES string of the molecule is Cc1ccnn1Cc1cc(C(=O)NC[C@@H](C)N2CCC(C)CC2)c2ccccc2n1. The number of carbonyl (C=O) groups is 1. The number of rotatable bonds is 6. The number of carbonyl (C=O) groups excluding carboxylic acids is 1. The second-order valence-corrected chi connectivity index (χ2v) is 8.59. The van der Waals surface area contributed by atoms with Crippen LogP contribution < -0.4 is 5.32 Å². The Labute approximate surface area is 178 Å². The minimum Gasteiger partial charge on any atom is -0.350 e. The van der Waals surface area contributed by atoms with Gasteiger partial charge in [-0.05, 0) is 63.9 Å². The molecule has 0 spiro atoms. The molecule has 0 saturated carbocycles.